The van der Waals surface area contributed by atoms with Gasteiger partial charge in [-0.05, 0) is 83.6 Å². The Balaban J connectivity index is 1.81. The molecule has 5 rings (SSSR count). The van der Waals surface area contributed by atoms with Crippen LogP contribution in [-0.2, 0) is 0 Å². The van der Waals surface area contributed by atoms with E-state index >= 15 is 0 Å². The van der Waals surface area contributed by atoms with Crippen LogP contribution in [0.15, 0.2) is 71.5 Å². The number of benzene rings is 2. The van der Waals surface area contributed by atoms with Crippen molar-refractivity contribution in [1.82, 2.24) is 0 Å². The van der Waals surface area contributed by atoms with E-state index in [9.17, 15) is 0 Å². The standard InChI is InChI=1S/C29H35N2Si/c1-6-30(7-2)22-13-15-25-27(19-22)32(4,5)28-20-23(31-17-10-18-31)14-16-26(28)29(25)24-12-9-8-11-21(24)3/h8-9,11-16,19-20H,6-7,10,17-18H2,1-5H3/q+1. The summed E-state index contributed by atoms with van der Waals surface area (Å²) in [7, 11) is -1.87. The first-order valence-corrected chi connectivity index (χ1v) is 15.2. The van der Waals surface area contributed by atoms with Crippen LogP contribution in [0.3, 0.4) is 0 Å². The molecule has 0 amide bonds. The van der Waals surface area contributed by atoms with Crippen LogP contribution in [0.5, 0.6) is 0 Å². The van der Waals surface area contributed by atoms with Crippen molar-refractivity contribution in [2.75, 3.05) is 31.1 Å². The second-order valence-electron chi connectivity index (χ2n) is 9.79. The Morgan fingerprint density at radius 2 is 1.69 bits per heavy atom. The lowest BCUT2D eigenvalue weighted by Crippen LogP contribution is -2.50. The van der Waals surface area contributed by atoms with E-state index < -0.39 is 8.07 Å². The molecule has 0 saturated carbocycles. The molecule has 0 spiro atoms. The molecular weight excluding hydrogens is 404 g/mol. The van der Waals surface area contributed by atoms with Crippen LogP contribution in [0, 0.1) is 6.92 Å². The Morgan fingerprint density at radius 3 is 2.34 bits per heavy atom. The highest BCUT2D eigenvalue weighted by atomic mass is 28.3. The van der Waals surface area contributed by atoms with Crippen LogP contribution < -0.4 is 10.1 Å². The van der Waals surface area contributed by atoms with Gasteiger partial charge in [-0.1, -0.05) is 43.4 Å². The molecule has 0 aromatic heterocycles. The zero-order valence-electron chi connectivity index (χ0n) is 20.2. The highest BCUT2D eigenvalue weighted by Gasteiger charge is 2.40. The first-order valence-electron chi connectivity index (χ1n) is 12.2. The second-order valence-corrected chi connectivity index (χ2v) is 14.1. The third kappa shape index (κ3) is 3.26. The van der Waals surface area contributed by atoms with Crippen molar-refractivity contribution in [3.63, 3.8) is 0 Å². The van der Waals surface area contributed by atoms with E-state index in [2.05, 4.69) is 104 Å². The lowest BCUT2D eigenvalue weighted by Gasteiger charge is -2.40. The topological polar surface area (TPSA) is 6.25 Å². The van der Waals surface area contributed by atoms with E-state index in [1.165, 1.54) is 58.7 Å². The number of aryl methyl sites for hydroxylation is 1. The van der Waals surface area contributed by atoms with Crippen molar-refractivity contribution in [1.29, 1.82) is 0 Å². The molecule has 164 valence electrons. The first-order chi connectivity index (χ1) is 15.5. The normalized spacial score (nSPS) is 18.7. The maximum absolute atomic E-state index is 2.55. The molecule has 3 aliphatic rings. The van der Waals surface area contributed by atoms with E-state index in [0.717, 1.165) is 13.1 Å². The van der Waals surface area contributed by atoms with Crippen LogP contribution in [0.2, 0.25) is 13.1 Å². The lowest BCUT2D eigenvalue weighted by molar-refractivity contribution is -0.519. The van der Waals surface area contributed by atoms with Gasteiger partial charge < -0.3 is 4.90 Å². The summed E-state index contributed by atoms with van der Waals surface area (Å²) in [4.78, 5) is 2.53. The Kier molecular flexibility index (Phi) is 5.33. The molecule has 0 bridgehead atoms. The molecule has 2 heterocycles. The minimum Gasteiger partial charge on any atom is -0.371 e. The molecule has 2 aromatic carbocycles. The third-order valence-electron chi connectivity index (χ3n) is 7.66. The molecule has 0 N–H and O–H groups in total. The second kappa shape index (κ2) is 8.04. The minimum absolute atomic E-state index is 1.04. The van der Waals surface area contributed by atoms with Crippen LogP contribution in [0.25, 0.3) is 5.57 Å². The molecule has 1 saturated heterocycles. The van der Waals surface area contributed by atoms with Crippen molar-refractivity contribution in [3.05, 3.63) is 88.2 Å². The van der Waals surface area contributed by atoms with Gasteiger partial charge in [-0.15, -0.1) is 0 Å². The van der Waals surface area contributed by atoms with Gasteiger partial charge in [0.25, 0.3) is 0 Å². The average Bonchev–Trinajstić information content (AvgIpc) is 2.75. The lowest BCUT2D eigenvalue weighted by atomic mass is 9.87. The highest BCUT2D eigenvalue weighted by molar-refractivity contribution is 6.98. The zero-order valence-corrected chi connectivity index (χ0v) is 21.2. The zero-order chi connectivity index (χ0) is 22.5. The molecule has 0 radical (unpaired) electrons. The number of nitrogens with zero attached hydrogens (tertiary/aromatic N) is 2. The predicted molar refractivity (Wildman–Crippen MR) is 141 cm³/mol. The average molecular weight is 440 g/mol. The molecule has 2 aliphatic heterocycles. The summed E-state index contributed by atoms with van der Waals surface area (Å²) < 4.78 is 2.48. The third-order valence-corrected chi connectivity index (χ3v) is 11.2. The van der Waals surface area contributed by atoms with E-state index in [1.807, 2.05) is 0 Å². The van der Waals surface area contributed by atoms with Gasteiger partial charge in [0.1, 0.15) is 21.2 Å². The molecule has 1 aliphatic carbocycles. The fourth-order valence-electron chi connectivity index (χ4n) is 5.52. The van der Waals surface area contributed by atoms with E-state index in [4.69, 9.17) is 0 Å². The highest BCUT2D eigenvalue weighted by Crippen LogP contribution is 2.42. The van der Waals surface area contributed by atoms with Crippen molar-refractivity contribution >= 4 is 30.2 Å². The first kappa shape index (κ1) is 21.2. The fraction of sp³-hybridized carbons (Fsp3) is 0.345. The molecule has 2 aromatic rings. The monoisotopic (exact) mass is 439 g/mol. The molecule has 0 unspecified atom stereocenters. The minimum atomic E-state index is -1.87. The number of hydrogen-bond acceptors (Lipinski definition) is 1. The summed E-state index contributed by atoms with van der Waals surface area (Å²) in [6.07, 6.45) is 8.58. The van der Waals surface area contributed by atoms with Gasteiger partial charge in [-0.2, -0.15) is 0 Å². The van der Waals surface area contributed by atoms with Gasteiger partial charge in [0.15, 0.2) is 5.71 Å². The Labute approximate surface area is 194 Å². The summed E-state index contributed by atoms with van der Waals surface area (Å²) in [5.74, 6) is 0. The summed E-state index contributed by atoms with van der Waals surface area (Å²) in [6.45, 7) is 16.3. The number of allylic oxidation sites excluding steroid dienone is 5. The molecule has 3 heteroatoms. The van der Waals surface area contributed by atoms with Crippen LogP contribution in [0.1, 0.15) is 37.0 Å². The van der Waals surface area contributed by atoms with E-state index in [1.54, 1.807) is 10.4 Å². The van der Waals surface area contributed by atoms with Crippen molar-refractivity contribution < 1.29 is 4.58 Å². The molecule has 0 atom stereocenters. The number of anilines is 1. The van der Waals surface area contributed by atoms with Gasteiger partial charge in [-0.25, -0.2) is 4.58 Å². The van der Waals surface area contributed by atoms with Gasteiger partial charge in [-0.3, -0.25) is 0 Å². The summed E-state index contributed by atoms with van der Waals surface area (Å²) in [6, 6.07) is 16.2. The summed E-state index contributed by atoms with van der Waals surface area (Å²) >= 11 is 0. The van der Waals surface area contributed by atoms with E-state index in [0.29, 0.717) is 0 Å². The molecule has 2 nitrogen and oxygen atoms in total. The molecular formula is C29H35N2Si+. The van der Waals surface area contributed by atoms with Crippen LogP contribution >= 0.6 is 0 Å². The summed E-state index contributed by atoms with van der Waals surface area (Å²) in [5, 5.41) is 3.16. The maximum atomic E-state index is 2.55. The molecule has 1 fully saturated rings. The van der Waals surface area contributed by atoms with Crippen LogP contribution in [0.4, 0.5) is 5.69 Å². The van der Waals surface area contributed by atoms with Gasteiger partial charge in [0.05, 0.1) is 0 Å². The Hall–Kier alpha value is -2.65. The maximum Gasteiger partial charge on any atom is 0.199 e. The Bertz CT molecular complexity index is 1200. The van der Waals surface area contributed by atoms with E-state index in [-0.39, 0.29) is 0 Å². The number of hydrogen-bond donors (Lipinski definition) is 0. The van der Waals surface area contributed by atoms with Gasteiger partial charge in [0, 0.05) is 30.9 Å². The van der Waals surface area contributed by atoms with Gasteiger partial charge >= 0.3 is 0 Å². The van der Waals surface area contributed by atoms with Crippen LogP contribution in [-0.4, -0.2) is 44.5 Å². The van der Waals surface area contributed by atoms with Crippen molar-refractivity contribution in [2.24, 2.45) is 0 Å². The Morgan fingerprint density at radius 1 is 0.938 bits per heavy atom. The number of fused-ring (bicyclic) bond motifs is 2. The SMILES string of the molecule is CC[N+](CC)=C1C=CC2=C(c3ccccc3C)c3ccc(N4CCC4)cc3[Si](C)(C)C2=C1. The van der Waals surface area contributed by atoms with Crippen molar-refractivity contribution in [3.8, 4) is 0 Å². The summed E-state index contributed by atoms with van der Waals surface area (Å²) in [5.41, 5.74) is 9.79. The van der Waals surface area contributed by atoms with Crippen molar-refractivity contribution in [2.45, 2.75) is 40.3 Å². The molecule has 32 heavy (non-hydrogen) atoms. The smallest absolute Gasteiger partial charge is 0.199 e. The largest absolute Gasteiger partial charge is 0.371 e. The quantitative estimate of drug-likeness (QED) is 0.453. The van der Waals surface area contributed by atoms with Gasteiger partial charge in [0.2, 0.25) is 0 Å². The predicted octanol–water partition coefficient (Wildman–Crippen LogP) is 5.46. The fourth-order valence-corrected chi connectivity index (χ4v) is 8.60. The number of rotatable bonds is 4.